The molecule has 2 N–H and O–H groups in total. The molecule has 118 valence electrons. The zero-order chi connectivity index (χ0) is 15.7. The third kappa shape index (κ3) is 2.53. The van der Waals surface area contributed by atoms with Crippen LogP contribution in [0.4, 0.5) is 10.1 Å². The highest BCUT2D eigenvalue weighted by Gasteiger charge is 2.46. The van der Waals surface area contributed by atoms with E-state index in [-0.39, 0.29) is 23.7 Å². The number of carboxylic acids is 1. The average Bonchev–Trinajstić information content (AvgIpc) is 3.04. The molecule has 1 aromatic carbocycles. The Labute approximate surface area is 128 Å². The third-order valence-corrected chi connectivity index (χ3v) is 4.69. The van der Waals surface area contributed by atoms with Gasteiger partial charge < -0.3 is 15.3 Å². The summed E-state index contributed by atoms with van der Waals surface area (Å²) in [7, 11) is 0. The molecule has 5 nitrogen and oxygen atoms in total. The Morgan fingerprint density at radius 3 is 2.73 bits per heavy atom. The Hall–Kier alpha value is -2.11. The average molecular weight is 306 g/mol. The summed E-state index contributed by atoms with van der Waals surface area (Å²) in [6.07, 6.45) is 4.03. The van der Waals surface area contributed by atoms with Gasteiger partial charge in [-0.3, -0.25) is 9.59 Å². The molecule has 1 aromatic rings. The normalized spacial score (nSPS) is 18.5. The minimum atomic E-state index is -1.08. The van der Waals surface area contributed by atoms with Gasteiger partial charge in [0.25, 0.3) is 0 Å². The summed E-state index contributed by atoms with van der Waals surface area (Å²) >= 11 is 0. The van der Waals surface area contributed by atoms with Crippen LogP contribution in [-0.4, -0.2) is 36.6 Å². The molecule has 2 aliphatic rings. The molecule has 0 saturated heterocycles. The molecule has 22 heavy (non-hydrogen) atoms. The van der Waals surface area contributed by atoms with E-state index < -0.39 is 12.5 Å². The lowest BCUT2D eigenvalue weighted by molar-refractivity contribution is -0.137. The molecule has 1 heterocycles. The SMILES string of the molecule is O=C(O)CNC(=O)CN1CC2(CCCC2)c2c(F)cccc21. The van der Waals surface area contributed by atoms with E-state index in [1.165, 1.54) is 6.07 Å². The van der Waals surface area contributed by atoms with Gasteiger partial charge >= 0.3 is 5.97 Å². The van der Waals surface area contributed by atoms with Crippen molar-refractivity contribution in [1.29, 1.82) is 0 Å². The number of carboxylic acid groups (broad SMARTS) is 1. The zero-order valence-electron chi connectivity index (χ0n) is 12.3. The highest BCUT2D eigenvalue weighted by atomic mass is 19.1. The van der Waals surface area contributed by atoms with Crippen molar-refractivity contribution in [2.75, 3.05) is 24.5 Å². The molecule has 0 radical (unpaired) electrons. The fourth-order valence-corrected chi connectivity index (χ4v) is 3.84. The van der Waals surface area contributed by atoms with Crippen molar-refractivity contribution < 1.29 is 19.1 Å². The smallest absolute Gasteiger partial charge is 0.322 e. The molecule has 0 aromatic heterocycles. The van der Waals surface area contributed by atoms with Crippen LogP contribution < -0.4 is 10.2 Å². The first-order valence-electron chi connectivity index (χ1n) is 7.54. The summed E-state index contributed by atoms with van der Waals surface area (Å²) in [5.74, 6) is -1.63. The van der Waals surface area contributed by atoms with Gasteiger partial charge in [0, 0.05) is 23.2 Å². The molecule has 3 rings (SSSR count). The van der Waals surface area contributed by atoms with Crippen LogP contribution in [-0.2, 0) is 15.0 Å². The lowest BCUT2D eigenvalue weighted by atomic mass is 9.80. The second kappa shape index (κ2) is 5.59. The largest absolute Gasteiger partial charge is 0.480 e. The number of fused-ring (bicyclic) bond motifs is 2. The van der Waals surface area contributed by atoms with Gasteiger partial charge in [0.2, 0.25) is 5.91 Å². The van der Waals surface area contributed by atoms with E-state index in [0.29, 0.717) is 6.54 Å². The summed E-state index contributed by atoms with van der Waals surface area (Å²) in [5, 5.41) is 11.0. The molecule has 1 fully saturated rings. The van der Waals surface area contributed by atoms with Crippen molar-refractivity contribution in [1.82, 2.24) is 5.32 Å². The first-order chi connectivity index (χ1) is 10.5. The third-order valence-electron chi connectivity index (χ3n) is 4.69. The highest BCUT2D eigenvalue weighted by molar-refractivity contribution is 5.85. The maximum atomic E-state index is 14.3. The van der Waals surface area contributed by atoms with Crippen LogP contribution in [0.25, 0.3) is 0 Å². The number of carbonyl (C=O) groups excluding carboxylic acids is 1. The topological polar surface area (TPSA) is 69.6 Å². The maximum absolute atomic E-state index is 14.3. The van der Waals surface area contributed by atoms with Gasteiger partial charge in [0.05, 0.1) is 6.54 Å². The van der Waals surface area contributed by atoms with Crippen LogP contribution in [0.3, 0.4) is 0 Å². The van der Waals surface area contributed by atoms with Gasteiger partial charge in [-0.2, -0.15) is 0 Å². The van der Waals surface area contributed by atoms with Crippen LogP contribution in [0.2, 0.25) is 0 Å². The lowest BCUT2D eigenvalue weighted by Crippen LogP contribution is -2.40. The highest BCUT2D eigenvalue weighted by Crippen LogP contribution is 2.51. The first-order valence-corrected chi connectivity index (χ1v) is 7.54. The number of benzene rings is 1. The molecule has 0 unspecified atom stereocenters. The van der Waals surface area contributed by atoms with E-state index in [0.717, 1.165) is 36.9 Å². The quantitative estimate of drug-likeness (QED) is 0.887. The van der Waals surface area contributed by atoms with Crippen LogP contribution in [0.1, 0.15) is 31.2 Å². The zero-order valence-corrected chi connectivity index (χ0v) is 12.3. The molecular weight excluding hydrogens is 287 g/mol. The molecule has 6 heteroatoms. The molecule has 1 saturated carbocycles. The molecule has 1 aliphatic heterocycles. The number of carbonyl (C=O) groups is 2. The number of nitrogens with one attached hydrogen (secondary N) is 1. The number of rotatable bonds is 4. The van der Waals surface area contributed by atoms with Crippen LogP contribution in [0.15, 0.2) is 18.2 Å². The van der Waals surface area contributed by atoms with Gasteiger partial charge in [-0.05, 0) is 25.0 Å². The molecule has 0 bridgehead atoms. The first kappa shape index (κ1) is 14.8. The monoisotopic (exact) mass is 306 g/mol. The van der Waals surface area contributed by atoms with Crippen molar-refractivity contribution in [3.8, 4) is 0 Å². The fraction of sp³-hybridized carbons (Fsp3) is 0.500. The predicted octanol–water partition coefficient (Wildman–Crippen LogP) is 1.66. The van der Waals surface area contributed by atoms with Crippen LogP contribution in [0.5, 0.6) is 0 Å². The van der Waals surface area contributed by atoms with Crippen molar-refractivity contribution in [3.05, 3.63) is 29.6 Å². The number of halogens is 1. The summed E-state index contributed by atoms with van der Waals surface area (Å²) in [6.45, 7) is 0.295. The van der Waals surface area contributed by atoms with Crippen LogP contribution >= 0.6 is 0 Å². The molecular formula is C16H19FN2O3. The van der Waals surface area contributed by atoms with Gasteiger partial charge in [-0.15, -0.1) is 0 Å². The molecule has 1 aliphatic carbocycles. The van der Waals surface area contributed by atoms with Crippen LogP contribution in [0, 0.1) is 5.82 Å². The predicted molar refractivity (Wildman–Crippen MR) is 79.4 cm³/mol. The minimum Gasteiger partial charge on any atom is -0.480 e. The van der Waals surface area contributed by atoms with Crippen molar-refractivity contribution in [2.45, 2.75) is 31.1 Å². The maximum Gasteiger partial charge on any atom is 0.322 e. The Bertz CT molecular complexity index is 611. The number of anilines is 1. The number of amides is 1. The second-order valence-electron chi connectivity index (χ2n) is 6.15. The van der Waals surface area contributed by atoms with E-state index in [1.54, 1.807) is 6.07 Å². The summed E-state index contributed by atoms with van der Waals surface area (Å²) in [5.41, 5.74) is 1.32. The van der Waals surface area contributed by atoms with Crippen molar-refractivity contribution >= 4 is 17.6 Å². The number of nitrogens with zero attached hydrogens (tertiary/aromatic N) is 1. The number of hydrogen-bond donors (Lipinski definition) is 2. The van der Waals surface area contributed by atoms with Gasteiger partial charge in [-0.25, -0.2) is 4.39 Å². The lowest BCUT2D eigenvalue weighted by Gasteiger charge is -2.25. The Balaban J connectivity index is 1.82. The van der Waals surface area contributed by atoms with Crippen molar-refractivity contribution in [3.63, 3.8) is 0 Å². The Morgan fingerprint density at radius 2 is 2.05 bits per heavy atom. The minimum absolute atomic E-state index is 0.0610. The van der Waals surface area contributed by atoms with Gasteiger partial charge in [0.15, 0.2) is 0 Å². The fourth-order valence-electron chi connectivity index (χ4n) is 3.84. The van der Waals surface area contributed by atoms with E-state index >= 15 is 0 Å². The standard InChI is InChI=1S/C16H19FN2O3/c17-11-4-3-5-12-15(11)16(6-1-2-7-16)10-19(12)9-13(20)18-8-14(21)22/h3-5H,1-2,6-10H2,(H,18,20)(H,21,22). The van der Waals surface area contributed by atoms with Crippen molar-refractivity contribution in [2.24, 2.45) is 0 Å². The van der Waals surface area contributed by atoms with E-state index in [4.69, 9.17) is 5.11 Å². The molecule has 1 spiro atoms. The van der Waals surface area contributed by atoms with Gasteiger partial charge in [-0.1, -0.05) is 18.9 Å². The summed E-state index contributed by atoms with van der Waals surface area (Å²) < 4.78 is 14.3. The number of hydrogen-bond acceptors (Lipinski definition) is 3. The summed E-state index contributed by atoms with van der Waals surface area (Å²) in [4.78, 5) is 24.3. The van der Waals surface area contributed by atoms with E-state index in [9.17, 15) is 14.0 Å². The molecule has 0 atom stereocenters. The van der Waals surface area contributed by atoms with Gasteiger partial charge in [0.1, 0.15) is 12.4 Å². The van der Waals surface area contributed by atoms with E-state index in [1.807, 2.05) is 11.0 Å². The summed E-state index contributed by atoms with van der Waals surface area (Å²) in [6, 6.07) is 4.98. The van der Waals surface area contributed by atoms with E-state index in [2.05, 4.69) is 5.32 Å². The second-order valence-corrected chi connectivity index (χ2v) is 6.15. The number of aliphatic carboxylic acids is 1. The Morgan fingerprint density at radius 1 is 1.32 bits per heavy atom. The Kier molecular flexibility index (Phi) is 3.76. The molecule has 1 amide bonds.